The molecule has 0 aromatic heterocycles. The number of allylic oxidation sites excluding steroid dienone is 3. The van der Waals surface area contributed by atoms with Crippen LogP contribution in [0.15, 0.2) is 53.3 Å². The van der Waals surface area contributed by atoms with Crippen molar-refractivity contribution in [1.29, 1.82) is 0 Å². The van der Waals surface area contributed by atoms with Crippen molar-refractivity contribution in [3.63, 3.8) is 0 Å². The van der Waals surface area contributed by atoms with Crippen LogP contribution in [0.1, 0.15) is 65.4 Å². The average Bonchev–Trinajstić information content (AvgIpc) is 2.82. The van der Waals surface area contributed by atoms with Crippen molar-refractivity contribution < 1.29 is 4.58 Å². The third-order valence-electron chi connectivity index (χ3n) is 5.31. The molecule has 1 aromatic rings. The smallest absolute Gasteiger partial charge is 0.194 e. The van der Waals surface area contributed by atoms with Crippen LogP contribution in [-0.2, 0) is 5.41 Å². The van der Waals surface area contributed by atoms with E-state index in [0.717, 1.165) is 13.0 Å². The van der Waals surface area contributed by atoms with E-state index in [1.54, 1.807) is 0 Å². The van der Waals surface area contributed by atoms with E-state index in [-0.39, 0.29) is 5.41 Å². The average molecular weight is 321 g/mol. The summed E-state index contributed by atoms with van der Waals surface area (Å²) in [5.41, 5.74) is 10.7. The molecule has 0 fully saturated rings. The van der Waals surface area contributed by atoms with Crippen molar-refractivity contribution in [3.8, 4) is 0 Å². The van der Waals surface area contributed by atoms with E-state index < -0.39 is 0 Å². The van der Waals surface area contributed by atoms with Gasteiger partial charge in [-0.15, -0.1) is 5.73 Å². The van der Waals surface area contributed by atoms with Crippen molar-refractivity contribution in [2.24, 2.45) is 0 Å². The lowest BCUT2D eigenvalue weighted by Gasteiger charge is -2.21. The summed E-state index contributed by atoms with van der Waals surface area (Å²) >= 11 is 0. The van der Waals surface area contributed by atoms with Crippen LogP contribution in [0.5, 0.6) is 0 Å². The van der Waals surface area contributed by atoms with E-state index in [4.69, 9.17) is 0 Å². The first-order valence-corrected chi connectivity index (χ1v) is 9.46. The van der Waals surface area contributed by atoms with Crippen LogP contribution in [0.25, 0.3) is 0 Å². The molecule has 2 aliphatic rings. The minimum atomic E-state index is 0.0232. The fraction of sp³-hybridized carbons (Fsp3) is 0.478. The second-order valence-electron chi connectivity index (χ2n) is 7.43. The van der Waals surface area contributed by atoms with Crippen molar-refractivity contribution in [3.05, 3.63) is 58.9 Å². The summed E-state index contributed by atoms with van der Waals surface area (Å²) in [7, 11) is 0. The lowest BCUT2D eigenvalue weighted by Crippen LogP contribution is -2.32. The maximum atomic E-state index is 3.62. The van der Waals surface area contributed by atoms with E-state index >= 15 is 0 Å². The summed E-state index contributed by atoms with van der Waals surface area (Å²) in [6.45, 7) is 10.2. The van der Waals surface area contributed by atoms with Crippen LogP contribution < -0.4 is 0 Å². The molecule has 1 heterocycles. The minimum Gasteiger partial charge on any atom is -0.194 e. The Kier molecular flexibility index (Phi) is 4.92. The Morgan fingerprint density at radius 1 is 1.25 bits per heavy atom. The quantitative estimate of drug-likeness (QED) is 0.467. The highest BCUT2D eigenvalue weighted by atomic mass is 15.1. The molecule has 0 N–H and O–H groups in total. The minimum absolute atomic E-state index is 0.0232. The molecule has 0 saturated carbocycles. The number of fused-ring (bicyclic) bond motifs is 1. The van der Waals surface area contributed by atoms with Gasteiger partial charge in [-0.05, 0) is 58.1 Å². The van der Waals surface area contributed by atoms with Gasteiger partial charge in [0.25, 0.3) is 0 Å². The molecule has 126 valence electrons. The highest BCUT2D eigenvalue weighted by molar-refractivity contribution is 6.09. The molecule has 1 nitrogen and oxygen atoms in total. The fourth-order valence-electron chi connectivity index (χ4n) is 4.25. The van der Waals surface area contributed by atoms with Gasteiger partial charge in [0.1, 0.15) is 6.54 Å². The molecule has 1 aromatic carbocycles. The van der Waals surface area contributed by atoms with Gasteiger partial charge in [0.05, 0.1) is 11.0 Å². The maximum absolute atomic E-state index is 3.62. The number of rotatable bonds is 4. The molecule has 1 aliphatic carbocycles. The largest absolute Gasteiger partial charge is 0.209 e. The number of nitrogens with zero attached hydrogens (tertiary/aromatic N) is 1. The first-order valence-electron chi connectivity index (χ1n) is 9.46. The van der Waals surface area contributed by atoms with E-state index in [9.17, 15) is 0 Å². The standard InChI is InChI=1S/C23H30N/c1-5-12-19(18-13-8-7-9-14-18)22-23(3,4)20-15-10-11-16-21(20)24(22)17-6-2/h5,10-11,13,15-16H,6-9,14,17H2,1-4H3/q+1. The summed E-state index contributed by atoms with van der Waals surface area (Å²) in [5.74, 6) is 0. The molecule has 0 saturated heterocycles. The molecule has 0 unspecified atom stereocenters. The number of hydrogen-bond donors (Lipinski definition) is 0. The molecule has 0 radical (unpaired) electrons. The van der Waals surface area contributed by atoms with Crippen molar-refractivity contribution in [2.75, 3.05) is 6.54 Å². The Morgan fingerprint density at radius 2 is 2.04 bits per heavy atom. The van der Waals surface area contributed by atoms with Crippen LogP contribution in [-0.4, -0.2) is 16.8 Å². The van der Waals surface area contributed by atoms with Crippen molar-refractivity contribution in [1.82, 2.24) is 0 Å². The Morgan fingerprint density at radius 3 is 2.71 bits per heavy atom. The number of para-hydroxylation sites is 1. The molecular weight excluding hydrogens is 290 g/mol. The molecule has 1 aliphatic heterocycles. The SMILES string of the molecule is CC=C=C(C1=CCCCC1)C1=[N+](CCC)c2ccccc2C1(C)C. The van der Waals surface area contributed by atoms with Gasteiger partial charge in [-0.3, -0.25) is 0 Å². The van der Waals surface area contributed by atoms with Gasteiger partial charge in [-0.25, -0.2) is 0 Å². The zero-order valence-corrected chi connectivity index (χ0v) is 15.7. The Hall–Kier alpha value is -1.85. The Balaban J connectivity index is 2.24. The highest BCUT2D eigenvalue weighted by Crippen LogP contribution is 2.43. The molecular formula is C23H30N+. The van der Waals surface area contributed by atoms with Crippen molar-refractivity contribution in [2.45, 2.75) is 65.2 Å². The second-order valence-corrected chi connectivity index (χ2v) is 7.43. The summed E-state index contributed by atoms with van der Waals surface area (Å²) in [5, 5.41) is 0. The first-order chi connectivity index (χ1) is 11.6. The van der Waals surface area contributed by atoms with E-state index in [1.165, 1.54) is 53.8 Å². The van der Waals surface area contributed by atoms with Gasteiger partial charge in [0, 0.05) is 18.1 Å². The summed E-state index contributed by atoms with van der Waals surface area (Å²) in [6.07, 6.45) is 10.7. The number of hydrogen-bond acceptors (Lipinski definition) is 0. The zero-order chi connectivity index (χ0) is 17.2. The molecule has 0 atom stereocenters. The van der Waals surface area contributed by atoms with Gasteiger partial charge in [0.2, 0.25) is 11.4 Å². The zero-order valence-electron chi connectivity index (χ0n) is 15.7. The molecule has 0 bridgehead atoms. The van der Waals surface area contributed by atoms with Crippen LogP contribution >= 0.6 is 0 Å². The second kappa shape index (κ2) is 6.95. The third-order valence-corrected chi connectivity index (χ3v) is 5.31. The normalized spacial score (nSPS) is 18.8. The fourth-order valence-corrected chi connectivity index (χ4v) is 4.25. The summed E-state index contributed by atoms with van der Waals surface area (Å²) in [6, 6.07) is 8.92. The highest BCUT2D eigenvalue weighted by Gasteiger charge is 2.47. The van der Waals surface area contributed by atoms with Crippen LogP contribution in [0.2, 0.25) is 0 Å². The number of benzene rings is 1. The van der Waals surface area contributed by atoms with Crippen LogP contribution in [0.4, 0.5) is 5.69 Å². The molecule has 24 heavy (non-hydrogen) atoms. The Labute approximate surface area is 147 Å². The summed E-state index contributed by atoms with van der Waals surface area (Å²) in [4.78, 5) is 0. The molecule has 3 rings (SSSR count). The van der Waals surface area contributed by atoms with E-state index in [2.05, 4.69) is 74.4 Å². The predicted octanol–water partition coefficient (Wildman–Crippen LogP) is 6.07. The lowest BCUT2D eigenvalue weighted by atomic mass is 9.76. The topological polar surface area (TPSA) is 3.01 Å². The Bertz CT molecular complexity index is 752. The lowest BCUT2D eigenvalue weighted by molar-refractivity contribution is -0.438. The van der Waals surface area contributed by atoms with Gasteiger partial charge in [0.15, 0.2) is 0 Å². The van der Waals surface area contributed by atoms with Gasteiger partial charge in [-0.1, -0.05) is 31.2 Å². The molecule has 1 heteroatoms. The first kappa shape index (κ1) is 17.0. The van der Waals surface area contributed by atoms with Crippen LogP contribution in [0.3, 0.4) is 0 Å². The van der Waals surface area contributed by atoms with E-state index in [1.807, 2.05) is 0 Å². The molecule has 0 spiro atoms. The van der Waals surface area contributed by atoms with Gasteiger partial charge < -0.3 is 0 Å². The third kappa shape index (κ3) is 2.82. The van der Waals surface area contributed by atoms with Gasteiger partial charge >= 0.3 is 0 Å². The maximum Gasteiger partial charge on any atom is 0.209 e. The molecule has 0 amide bonds. The monoisotopic (exact) mass is 320 g/mol. The van der Waals surface area contributed by atoms with Gasteiger partial charge in [-0.2, -0.15) is 4.58 Å². The van der Waals surface area contributed by atoms with Crippen LogP contribution in [0, 0.1) is 0 Å². The summed E-state index contributed by atoms with van der Waals surface area (Å²) < 4.78 is 2.55. The van der Waals surface area contributed by atoms with Crippen molar-refractivity contribution >= 4 is 11.4 Å². The predicted molar refractivity (Wildman–Crippen MR) is 103 cm³/mol. The van der Waals surface area contributed by atoms with E-state index in [0.29, 0.717) is 0 Å².